The molecule has 120 valence electrons. The van der Waals surface area contributed by atoms with Crippen molar-refractivity contribution < 1.29 is 17.9 Å². The van der Waals surface area contributed by atoms with Crippen LogP contribution in [-0.2, 0) is 0 Å². The first kappa shape index (κ1) is 17.8. The van der Waals surface area contributed by atoms with Gasteiger partial charge in [-0.15, -0.1) is 0 Å². The topological polar surface area (TPSA) is 21.3 Å². The molecule has 0 saturated heterocycles. The van der Waals surface area contributed by atoms with Gasteiger partial charge in [-0.1, -0.05) is 24.6 Å². The molecule has 1 aromatic carbocycles. The Morgan fingerprint density at radius 3 is 2.57 bits per heavy atom. The molecule has 0 saturated carbocycles. The largest absolute Gasteiger partial charge is 0.496 e. The number of halogens is 3. The molecule has 0 heterocycles. The third-order valence-electron chi connectivity index (χ3n) is 3.35. The second kappa shape index (κ2) is 8.27. The van der Waals surface area contributed by atoms with Crippen molar-refractivity contribution in [1.82, 2.24) is 5.32 Å². The number of aryl methyl sites for hydroxylation is 1. The second-order valence-corrected chi connectivity index (χ2v) is 5.26. The van der Waals surface area contributed by atoms with E-state index in [0.29, 0.717) is 6.42 Å². The van der Waals surface area contributed by atoms with E-state index in [1.165, 1.54) is 0 Å². The molecule has 2 nitrogen and oxygen atoms in total. The SMILES string of the molecule is CCCNC(CCCC(F)(F)F)c1cc(C)ccc1OC. The van der Waals surface area contributed by atoms with Gasteiger partial charge in [-0.2, -0.15) is 13.2 Å². The van der Waals surface area contributed by atoms with Crippen molar-refractivity contribution in [1.29, 1.82) is 0 Å². The number of benzene rings is 1. The molecule has 1 N–H and O–H groups in total. The maximum Gasteiger partial charge on any atom is 0.389 e. The van der Waals surface area contributed by atoms with Crippen molar-refractivity contribution in [2.24, 2.45) is 0 Å². The zero-order valence-electron chi connectivity index (χ0n) is 12.9. The molecule has 0 fully saturated rings. The van der Waals surface area contributed by atoms with Gasteiger partial charge in [0.2, 0.25) is 0 Å². The van der Waals surface area contributed by atoms with Gasteiger partial charge in [-0.25, -0.2) is 0 Å². The highest BCUT2D eigenvalue weighted by atomic mass is 19.4. The lowest BCUT2D eigenvalue weighted by Crippen LogP contribution is -2.23. The summed E-state index contributed by atoms with van der Waals surface area (Å²) in [4.78, 5) is 0. The van der Waals surface area contributed by atoms with Gasteiger partial charge >= 0.3 is 6.18 Å². The lowest BCUT2D eigenvalue weighted by atomic mass is 9.98. The Bertz CT molecular complexity index is 432. The average Bonchev–Trinajstić information content (AvgIpc) is 2.41. The van der Waals surface area contributed by atoms with Crippen LogP contribution in [0.3, 0.4) is 0 Å². The third kappa shape index (κ3) is 6.38. The zero-order chi connectivity index (χ0) is 15.9. The van der Waals surface area contributed by atoms with E-state index in [4.69, 9.17) is 4.74 Å². The monoisotopic (exact) mass is 303 g/mol. The second-order valence-electron chi connectivity index (χ2n) is 5.26. The first-order chi connectivity index (χ1) is 9.87. The smallest absolute Gasteiger partial charge is 0.389 e. The number of rotatable bonds is 8. The first-order valence-corrected chi connectivity index (χ1v) is 7.32. The van der Waals surface area contributed by atoms with E-state index < -0.39 is 12.6 Å². The van der Waals surface area contributed by atoms with Crippen molar-refractivity contribution in [3.63, 3.8) is 0 Å². The van der Waals surface area contributed by atoms with Crippen LogP contribution in [0.15, 0.2) is 18.2 Å². The molecule has 0 bridgehead atoms. The molecular formula is C16H24F3NO. The summed E-state index contributed by atoms with van der Waals surface area (Å²) in [6.45, 7) is 4.77. The van der Waals surface area contributed by atoms with Crippen LogP contribution in [0, 0.1) is 6.92 Å². The maximum absolute atomic E-state index is 12.3. The van der Waals surface area contributed by atoms with Crippen LogP contribution in [0.2, 0.25) is 0 Å². The van der Waals surface area contributed by atoms with Crippen LogP contribution in [-0.4, -0.2) is 19.8 Å². The summed E-state index contributed by atoms with van der Waals surface area (Å²) in [6, 6.07) is 5.69. The van der Waals surface area contributed by atoms with E-state index in [1.807, 2.05) is 32.0 Å². The Morgan fingerprint density at radius 2 is 2.00 bits per heavy atom. The van der Waals surface area contributed by atoms with Crippen LogP contribution < -0.4 is 10.1 Å². The summed E-state index contributed by atoms with van der Waals surface area (Å²) in [5, 5.41) is 3.33. The summed E-state index contributed by atoms with van der Waals surface area (Å²) in [5.41, 5.74) is 2.01. The van der Waals surface area contributed by atoms with Gasteiger partial charge in [0.15, 0.2) is 0 Å². The van der Waals surface area contributed by atoms with Crippen molar-refractivity contribution >= 4 is 0 Å². The summed E-state index contributed by atoms with van der Waals surface area (Å²) in [6.07, 6.45) is -3.34. The predicted molar refractivity (Wildman–Crippen MR) is 78.7 cm³/mol. The maximum atomic E-state index is 12.3. The van der Waals surface area contributed by atoms with E-state index >= 15 is 0 Å². The molecule has 5 heteroatoms. The molecule has 0 aliphatic heterocycles. The Labute approximate surface area is 124 Å². The lowest BCUT2D eigenvalue weighted by Gasteiger charge is -2.22. The Hall–Kier alpha value is -1.23. The quantitative estimate of drug-likeness (QED) is 0.746. The van der Waals surface area contributed by atoms with Crippen LogP contribution in [0.4, 0.5) is 13.2 Å². The highest BCUT2D eigenvalue weighted by Gasteiger charge is 2.27. The van der Waals surface area contributed by atoms with Crippen LogP contribution in [0.1, 0.15) is 49.8 Å². The molecule has 1 unspecified atom stereocenters. The predicted octanol–water partition coefficient (Wildman–Crippen LogP) is 4.78. The van der Waals surface area contributed by atoms with E-state index in [9.17, 15) is 13.2 Å². The summed E-state index contributed by atoms with van der Waals surface area (Å²) in [5.74, 6) is 0.723. The standard InChI is InChI=1S/C16H24F3NO/c1-4-10-20-14(6-5-9-16(17,18)19)13-11-12(2)7-8-15(13)21-3/h7-8,11,14,20H,4-6,9-10H2,1-3H3. The summed E-state index contributed by atoms with van der Waals surface area (Å²) in [7, 11) is 1.58. The van der Waals surface area contributed by atoms with Gasteiger partial charge in [0.05, 0.1) is 7.11 Å². The number of methoxy groups -OCH3 is 1. The van der Waals surface area contributed by atoms with Gasteiger partial charge < -0.3 is 10.1 Å². The van der Waals surface area contributed by atoms with E-state index in [2.05, 4.69) is 5.32 Å². The number of hydrogen-bond acceptors (Lipinski definition) is 2. The minimum absolute atomic E-state index is 0.109. The Morgan fingerprint density at radius 1 is 1.29 bits per heavy atom. The van der Waals surface area contributed by atoms with Crippen LogP contribution >= 0.6 is 0 Å². The molecule has 1 atom stereocenters. The molecule has 0 aliphatic carbocycles. The molecule has 1 aromatic rings. The molecule has 0 radical (unpaired) electrons. The molecule has 0 spiro atoms. The average molecular weight is 303 g/mol. The van der Waals surface area contributed by atoms with Crippen LogP contribution in [0.25, 0.3) is 0 Å². The van der Waals surface area contributed by atoms with Gasteiger partial charge in [-0.05, 0) is 38.8 Å². The van der Waals surface area contributed by atoms with Crippen molar-refractivity contribution in [3.05, 3.63) is 29.3 Å². The number of alkyl halides is 3. The number of hydrogen-bond donors (Lipinski definition) is 1. The van der Waals surface area contributed by atoms with Crippen molar-refractivity contribution in [2.75, 3.05) is 13.7 Å². The Balaban J connectivity index is 2.83. The molecule has 1 rings (SSSR count). The summed E-state index contributed by atoms with van der Waals surface area (Å²) < 4.78 is 42.3. The van der Waals surface area contributed by atoms with E-state index in [-0.39, 0.29) is 12.5 Å². The number of nitrogens with one attached hydrogen (secondary N) is 1. The van der Waals surface area contributed by atoms with Gasteiger partial charge in [-0.3, -0.25) is 0 Å². The van der Waals surface area contributed by atoms with Gasteiger partial charge in [0, 0.05) is 18.0 Å². The van der Waals surface area contributed by atoms with Crippen molar-refractivity contribution in [3.8, 4) is 5.75 Å². The molecule has 0 aromatic heterocycles. The third-order valence-corrected chi connectivity index (χ3v) is 3.35. The lowest BCUT2D eigenvalue weighted by molar-refractivity contribution is -0.135. The van der Waals surface area contributed by atoms with E-state index in [0.717, 1.165) is 29.8 Å². The highest BCUT2D eigenvalue weighted by Crippen LogP contribution is 2.31. The molecule has 21 heavy (non-hydrogen) atoms. The minimum atomic E-state index is -4.09. The molecule has 0 aliphatic rings. The van der Waals surface area contributed by atoms with Crippen molar-refractivity contribution in [2.45, 2.75) is 51.7 Å². The molecular weight excluding hydrogens is 279 g/mol. The Kier molecular flexibility index (Phi) is 7.02. The number of ether oxygens (including phenoxy) is 1. The fraction of sp³-hybridized carbons (Fsp3) is 0.625. The van der Waals surface area contributed by atoms with Gasteiger partial charge in [0.1, 0.15) is 5.75 Å². The van der Waals surface area contributed by atoms with E-state index in [1.54, 1.807) is 7.11 Å². The summed E-state index contributed by atoms with van der Waals surface area (Å²) >= 11 is 0. The first-order valence-electron chi connectivity index (χ1n) is 7.32. The fourth-order valence-corrected chi connectivity index (χ4v) is 2.32. The normalized spacial score (nSPS) is 13.2. The molecule has 0 amide bonds. The van der Waals surface area contributed by atoms with Gasteiger partial charge in [0.25, 0.3) is 0 Å². The fourth-order valence-electron chi connectivity index (χ4n) is 2.32. The minimum Gasteiger partial charge on any atom is -0.496 e. The zero-order valence-corrected chi connectivity index (χ0v) is 12.9. The van der Waals surface area contributed by atoms with Crippen LogP contribution in [0.5, 0.6) is 5.75 Å². The highest BCUT2D eigenvalue weighted by molar-refractivity contribution is 5.39.